The van der Waals surface area contributed by atoms with Gasteiger partial charge < -0.3 is 20.9 Å². The van der Waals surface area contributed by atoms with E-state index in [0.717, 1.165) is 36.5 Å². The Hall–Kier alpha value is -2.86. The summed E-state index contributed by atoms with van der Waals surface area (Å²) in [6.45, 7) is 4.39. The number of piperazine rings is 1. The van der Waals surface area contributed by atoms with E-state index < -0.39 is 10.0 Å². The lowest BCUT2D eigenvalue weighted by molar-refractivity contribution is -0.126. The molecule has 1 saturated carbocycles. The lowest BCUT2D eigenvalue weighted by atomic mass is 9.85. The maximum Gasteiger partial charge on any atom is 0.240 e. The Bertz CT molecular complexity index is 1350. The monoisotopic (exact) mass is 528 g/mol. The third-order valence-corrected chi connectivity index (χ3v) is 8.82. The SMILES string of the molecule is C[C@@H](NC(=O)C1CCC(NS(=O)(=O)c2ccc3nc([C@@H]4CNCCN4)[nH]c3c2)CC1)c1ccc(F)cc1. The summed E-state index contributed by atoms with van der Waals surface area (Å²) in [5, 5.41) is 9.72. The van der Waals surface area contributed by atoms with Crippen molar-refractivity contribution in [2.45, 2.75) is 55.6 Å². The number of H-pyrrole nitrogens is 1. The molecule has 0 bridgehead atoms. The molecule has 5 N–H and O–H groups in total. The molecule has 1 aliphatic carbocycles. The van der Waals surface area contributed by atoms with E-state index in [1.54, 1.807) is 30.3 Å². The number of nitrogens with one attached hydrogen (secondary N) is 5. The molecule has 1 saturated heterocycles. The van der Waals surface area contributed by atoms with Crippen molar-refractivity contribution in [2.24, 2.45) is 5.92 Å². The van der Waals surface area contributed by atoms with E-state index in [1.165, 1.54) is 12.1 Å². The van der Waals surface area contributed by atoms with E-state index in [-0.39, 0.29) is 40.7 Å². The lowest BCUT2D eigenvalue weighted by Gasteiger charge is -2.29. The smallest absolute Gasteiger partial charge is 0.240 e. The molecule has 2 aromatic carbocycles. The van der Waals surface area contributed by atoms with Crippen LogP contribution in [0.1, 0.15) is 56.1 Å². The highest BCUT2D eigenvalue weighted by Crippen LogP contribution is 2.27. The fourth-order valence-corrected chi connectivity index (χ4v) is 6.45. The number of carbonyl (C=O) groups is 1. The molecule has 2 heterocycles. The van der Waals surface area contributed by atoms with Crippen LogP contribution >= 0.6 is 0 Å². The van der Waals surface area contributed by atoms with Crippen LogP contribution in [0.25, 0.3) is 11.0 Å². The summed E-state index contributed by atoms with van der Waals surface area (Å²) < 4.78 is 42.2. The summed E-state index contributed by atoms with van der Waals surface area (Å²) in [5.74, 6) is 0.245. The average molecular weight is 529 g/mol. The number of hydrogen-bond donors (Lipinski definition) is 5. The fourth-order valence-electron chi connectivity index (χ4n) is 5.11. The molecule has 198 valence electrons. The number of aromatic amines is 1. The first-order valence-electron chi connectivity index (χ1n) is 12.8. The first kappa shape index (κ1) is 25.8. The number of imidazole rings is 1. The van der Waals surface area contributed by atoms with Gasteiger partial charge in [-0.1, -0.05) is 12.1 Å². The number of sulfonamides is 1. The van der Waals surface area contributed by atoms with Crippen LogP contribution in [-0.4, -0.2) is 50.0 Å². The molecule has 0 radical (unpaired) electrons. The maximum atomic E-state index is 13.2. The highest BCUT2D eigenvalue weighted by molar-refractivity contribution is 7.89. The summed E-state index contributed by atoms with van der Waals surface area (Å²) in [5.41, 5.74) is 2.24. The van der Waals surface area contributed by atoms with Crippen LogP contribution in [0.15, 0.2) is 47.4 Å². The van der Waals surface area contributed by atoms with E-state index in [4.69, 9.17) is 0 Å². The molecule has 5 rings (SSSR count). The molecule has 1 aromatic heterocycles. The number of aromatic nitrogens is 2. The molecule has 2 aliphatic rings. The Morgan fingerprint density at radius 2 is 1.84 bits per heavy atom. The van der Waals surface area contributed by atoms with Crippen molar-refractivity contribution in [2.75, 3.05) is 19.6 Å². The van der Waals surface area contributed by atoms with Crippen molar-refractivity contribution < 1.29 is 17.6 Å². The first-order chi connectivity index (χ1) is 17.8. The van der Waals surface area contributed by atoms with Crippen molar-refractivity contribution in [1.82, 2.24) is 30.6 Å². The molecule has 11 heteroatoms. The van der Waals surface area contributed by atoms with E-state index in [2.05, 4.69) is 30.6 Å². The number of hydrogen-bond acceptors (Lipinski definition) is 6. The number of fused-ring (bicyclic) bond motifs is 1. The molecule has 37 heavy (non-hydrogen) atoms. The molecule has 1 aliphatic heterocycles. The zero-order valence-electron chi connectivity index (χ0n) is 20.8. The predicted molar refractivity (Wildman–Crippen MR) is 139 cm³/mol. The molecular formula is C26H33FN6O3S. The van der Waals surface area contributed by atoms with Crippen LogP contribution in [-0.2, 0) is 14.8 Å². The quantitative estimate of drug-likeness (QED) is 0.321. The number of rotatable bonds is 7. The standard InChI is InChI=1S/C26H33FN6O3S/c1-16(17-2-6-19(27)7-3-17)30-26(34)18-4-8-20(9-5-18)33-37(35,36)21-10-11-22-23(14-21)32-25(31-22)24-15-28-12-13-29-24/h2-3,6-7,10-11,14,16,18,20,24,28-29,33H,4-5,8-9,12-13,15H2,1H3,(H,30,34)(H,31,32)/t16-,18?,20?,24+/m1/s1. The summed E-state index contributed by atoms with van der Waals surface area (Å²) >= 11 is 0. The van der Waals surface area contributed by atoms with Crippen LogP contribution < -0.4 is 20.7 Å². The Morgan fingerprint density at radius 3 is 2.54 bits per heavy atom. The van der Waals surface area contributed by atoms with Crippen molar-refractivity contribution >= 4 is 27.0 Å². The van der Waals surface area contributed by atoms with Gasteiger partial charge in [0.05, 0.1) is 28.0 Å². The van der Waals surface area contributed by atoms with E-state index >= 15 is 0 Å². The van der Waals surface area contributed by atoms with Crippen LogP contribution in [0.5, 0.6) is 0 Å². The van der Waals surface area contributed by atoms with Gasteiger partial charge in [0.15, 0.2) is 0 Å². The normalized spacial score (nSPS) is 23.6. The molecule has 3 aromatic rings. The Kier molecular flexibility index (Phi) is 7.57. The Labute approximate surface area is 216 Å². The molecule has 2 atom stereocenters. The van der Waals surface area contributed by atoms with Crippen LogP contribution in [0, 0.1) is 11.7 Å². The summed E-state index contributed by atoms with van der Waals surface area (Å²) in [4.78, 5) is 20.8. The highest BCUT2D eigenvalue weighted by atomic mass is 32.2. The van der Waals surface area contributed by atoms with Gasteiger partial charge in [-0.05, 0) is 68.5 Å². The van der Waals surface area contributed by atoms with Gasteiger partial charge in [-0.3, -0.25) is 4.79 Å². The summed E-state index contributed by atoms with van der Waals surface area (Å²) in [7, 11) is -3.72. The van der Waals surface area contributed by atoms with Gasteiger partial charge in [0.2, 0.25) is 15.9 Å². The van der Waals surface area contributed by atoms with Crippen molar-refractivity contribution in [3.8, 4) is 0 Å². The van der Waals surface area contributed by atoms with E-state index in [1.807, 2.05) is 6.92 Å². The van der Waals surface area contributed by atoms with Gasteiger partial charge in [0.25, 0.3) is 0 Å². The Morgan fingerprint density at radius 1 is 1.08 bits per heavy atom. The van der Waals surface area contributed by atoms with Crippen LogP contribution in [0.4, 0.5) is 4.39 Å². The van der Waals surface area contributed by atoms with Gasteiger partial charge in [-0.2, -0.15) is 0 Å². The third-order valence-electron chi connectivity index (χ3n) is 7.30. The molecule has 9 nitrogen and oxygen atoms in total. The molecule has 0 spiro atoms. The van der Waals surface area contributed by atoms with Crippen molar-refractivity contribution in [3.63, 3.8) is 0 Å². The second-order valence-electron chi connectivity index (χ2n) is 9.96. The number of nitrogens with zero attached hydrogens (tertiary/aromatic N) is 1. The number of amides is 1. The van der Waals surface area contributed by atoms with Crippen molar-refractivity contribution in [3.05, 3.63) is 59.7 Å². The minimum absolute atomic E-state index is 0.0544. The minimum Gasteiger partial charge on any atom is -0.349 e. The topological polar surface area (TPSA) is 128 Å². The predicted octanol–water partition coefficient (Wildman–Crippen LogP) is 2.65. The maximum absolute atomic E-state index is 13.2. The van der Waals surface area contributed by atoms with Gasteiger partial charge in [0.1, 0.15) is 11.6 Å². The summed E-state index contributed by atoms with van der Waals surface area (Å²) in [6.07, 6.45) is 2.36. The second-order valence-corrected chi connectivity index (χ2v) is 11.7. The van der Waals surface area contributed by atoms with E-state index in [0.29, 0.717) is 31.2 Å². The number of carbonyl (C=O) groups excluding carboxylic acids is 1. The minimum atomic E-state index is -3.72. The summed E-state index contributed by atoms with van der Waals surface area (Å²) in [6, 6.07) is 10.6. The third kappa shape index (κ3) is 6.01. The largest absolute Gasteiger partial charge is 0.349 e. The Balaban J connectivity index is 1.17. The average Bonchev–Trinajstić information content (AvgIpc) is 3.33. The van der Waals surface area contributed by atoms with Crippen molar-refractivity contribution in [1.29, 1.82) is 0 Å². The van der Waals surface area contributed by atoms with Crippen LogP contribution in [0.2, 0.25) is 0 Å². The van der Waals surface area contributed by atoms with Gasteiger partial charge >= 0.3 is 0 Å². The zero-order chi connectivity index (χ0) is 26.0. The number of benzene rings is 2. The number of halogens is 1. The molecular weight excluding hydrogens is 495 g/mol. The molecule has 0 unspecified atom stereocenters. The van der Waals surface area contributed by atoms with Gasteiger partial charge in [-0.25, -0.2) is 22.5 Å². The van der Waals surface area contributed by atoms with Gasteiger partial charge in [-0.15, -0.1) is 0 Å². The van der Waals surface area contributed by atoms with Gasteiger partial charge in [0, 0.05) is 31.6 Å². The first-order valence-corrected chi connectivity index (χ1v) is 14.3. The highest BCUT2D eigenvalue weighted by Gasteiger charge is 2.30. The fraction of sp³-hybridized carbons (Fsp3) is 0.462. The van der Waals surface area contributed by atoms with E-state index in [9.17, 15) is 17.6 Å². The second kappa shape index (κ2) is 10.9. The molecule has 2 fully saturated rings. The van der Waals surface area contributed by atoms with Crippen LogP contribution in [0.3, 0.4) is 0 Å². The zero-order valence-corrected chi connectivity index (χ0v) is 21.6. The molecule has 1 amide bonds. The lowest BCUT2D eigenvalue weighted by Crippen LogP contribution is -2.43.